The van der Waals surface area contributed by atoms with E-state index in [0.717, 1.165) is 11.1 Å². The van der Waals surface area contributed by atoms with Crippen LogP contribution < -0.4 is 10.7 Å². The number of rotatable bonds is 4. The Kier molecular flexibility index (Phi) is 6.56. The first-order chi connectivity index (χ1) is 14.1. The summed E-state index contributed by atoms with van der Waals surface area (Å²) >= 11 is 0. The monoisotopic (exact) mass is 411 g/mol. The van der Waals surface area contributed by atoms with Crippen LogP contribution in [0.4, 0.5) is 4.39 Å². The number of hydrogen-bond donors (Lipinski definition) is 2. The molecule has 0 aliphatic carbocycles. The van der Waals surface area contributed by atoms with Crippen molar-refractivity contribution < 1.29 is 14.0 Å². The lowest BCUT2D eigenvalue weighted by Crippen LogP contribution is -2.56. The molecule has 3 unspecified atom stereocenters. The molecular weight excluding hydrogens is 381 g/mol. The first-order valence-electron chi connectivity index (χ1n) is 10.3. The maximum Gasteiger partial charge on any atom is 0.258 e. The third-order valence-electron chi connectivity index (χ3n) is 5.29. The van der Waals surface area contributed by atoms with E-state index in [9.17, 15) is 14.0 Å². The molecule has 1 saturated heterocycles. The molecule has 2 aromatic rings. The summed E-state index contributed by atoms with van der Waals surface area (Å²) in [5, 5.41) is 4.89. The molecule has 2 N–H and O–H groups in total. The molecule has 1 heterocycles. The van der Waals surface area contributed by atoms with E-state index in [4.69, 9.17) is 0 Å². The molecule has 30 heavy (non-hydrogen) atoms. The second kappa shape index (κ2) is 8.96. The quantitative estimate of drug-likeness (QED) is 0.797. The van der Waals surface area contributed by atoms with Crippen molar-refractivity contribution in [3.8, 4) is 0 Å². The molecule has 1 fully saturated rings. The number of nitrogens with zero attached hydrogens (tertiary/aromatic N) is 1. The summed E-state index contributed by atoms with van der Waals surface area (Å²) in [5.74, 6) is -0.733. The molecule has 6 heteroatoms. The van der Waals surface area contributed by atoms with Crippen molar-refractivity contribution >= 4 is 11.8 Å². The third-order valence-corrected chi connectivity index (χ3v) is 5.29. The SMILES string of the molecule is CC(=O)NN1C(=O)C(NC(C)(C)C)CC(c2ccc(F)cc2)CC1c1ccccc1. The van der Waals surface area contributed by atoms with Gasteiger partial charge in [0.25, 0.3) is 5.91 Å². The molecule has 3 atom stereocenters. The van der Waals surface area contributed by atoms with Crippen LogP contribution in [0.3, 0.4) is 0 Å². The number of amides is 2. The van der Waals surface area contributed by atoms with Gasteiger partial charge < -0.3 is 5.32 Å². The van der Waals surface area contributed by atoms with Gasteiger partial charge in [-0.15, -0.1) is 0 Å². The van der Waals surface area contributed by atoms with E-state index in [2.05, 4.69) is 10.7 Å². The van der Waals surface area contributed by atoms with E-state index in [-0.39, 0.29) is 35.1 Å². The summed E-state index contributed by atoms with van der Waals surface area (Å²) in [6.07, 6.45) is 1.17. The summed E-state index contributed by atoms with van der Waals surface area (Å²) in [6.45, 7) is 7.43. The zero-order valence-electron chi connectivity index (χ0n) is 18.0. The van der Waals surface area contributed by atoms with Gasteiger partial charge in [0.2, 0.25) is 5.91 Å². The normalized spacial score (nSPS) is 22.5. The molecule has 160 valence electrons. The van der Waals surface area contributed by atoms with Gasteiger partial charge in [0.05, 0.1) is 12.1 Å². The molecule has 3 rings (SSSR count). The van der Waals surface area contributed by atoms with Crippen molar-refractivity contribution in [2.45, 2.75) is 64.1 Å². The Morgan fingerprint density at radius 2 is 1.63 bits per heavy atom. The van der Waals surface area contributed by atoms with Gasteiger partial charge in [-0.25, -0.2) is 9.40 Å². The number of benzene rings is 2. The van der Waals surface area contributed by atoms with Crippen LogP contribution in [-0.4, -0.2) is 28.4 Å². The summed E-state index contributed by atoms with van der Waals surface area (Å²) in [6, 6.07) is 15.4. The fourth-order valence-electron chi connectivity index (χ4n) is 4.09. The zero-order chi connectivity index (χ0) is 21.9. The van der Waals surface area contributed by atoms with E-state index in [0.29, 0.717) is 12.8 Å². The minimum Gasteiger partial charge on any atom is -0.301 e. The Morgan fingerprint density at radius 1 is 1.00 bits per heavy atom. The van der Waals surface area contributed by atoms with Gasteiger partial charge in [0.15, 0.2) is 0 Å². The zero-order valence-corrected chi connectivity index (χ0v) is 18.0. The first-order valence-corrected chi connectivity index (χ1v) is 10.3. The number of carbonyl (C=O) groups excluding carboxylic acids is 2. The van der Waals surface area contributed by atoms with Gasteiger partial charge in [-0.2, -0.15) is 0 Å². The number of nitrogens with one attached hydrogen (secondary N) is 2. The Labute approximate surface area is 177 Å². The van der Waals surface area contributed by atoms with Gasteiger partial charge in [0, 0.05) is 12.5 Å². The van der Waals surface area contributed by atoms with Crippen LogP contribution in [0.2, 0.25) is 0 Å². The minimum atomic E-state index is -0.486. The molecule has 0 spiro atoms. The molecule has 0 aromatic heterocycles. The maximum absolute atomic E-state index is 13.6. The van der Waals surface area contributed by atoms with Crippen LogP contribution in [0.25, 0.3) is 0 Å². The number of hydrogen-bond acceptors (Lipinski definition) is 3. The second-order valence-electron chi connectivity index (χ2n) is 8.97. The van der Waals surface area contributed by atoms with E-state index < -0.39 is 6.04 Å². The highest BCUT2D eigenvalue weighted by molar-refractivity contribution is 5.85. The van der Waals surface area contributed by atoms with Crippen LogP contribution in [0.1, 0.15) is 63.6 Å². The smallest absolute Gasteiger partial charge is 0.258 e. The van der Waals surface area contributed by atoms with E-state index in [1.54, 1.807) is 12.1 Å². The summed E-state index contributed by atoms with van der Waals surface area (Å²) in [5.41, 5.74) is 4.40. The van der Waals surface area contributed by atoms with Crippen LogP contribution in [-0.2, 0) is 9.59 Å². The predicted octanol–water partition coefficient (Wildman–Crippen LogP) is 4.08. The molecule has 5 nitrogen and oxygen atoms in total. The highest BCUT2D eigenvalue weighted by Gasteiger charge is 2.40. The predicted molar refractivity (Wildman–Crippen MR) is 115 cm³/mol. The molecule has 2 aromatic carbocycles. The van der Waals surface area contributed by atoms with Crippen molar-refractivity contribution in [1.29, 1.82) is 0 Å². The Morgan fingerprint density at radius 3 is 2.20 bits per heavy atom. The molecule has 0 radical (unpaired) electrons. The largest absolute Gasteiger partial charge is 0.301 e. The van der Waals surface area contributed by atoms with Crippen molar-refractivity contribution in [2.75, 3.05) is 0 Å². The summed E-state index contributed by atoms with van der Waals surface area (Å²) in [4.78, 5) is 25.5. The van der Waals surface area contributed by atoms with Crippen LogP contribution in [0, 0.1) is 5.82 Å². The minimum absolute atomic E-state index is 0.0124. The third kappa shape index (κ3) is 5.45. The lowest BCUT2D eigenvalue weighted by molar-refractivity contribution is -0.145. The van der Waals surface area contributed by atoms with E-state index >= 15 is 0 Å². The molecule has 1 aliphatic rings. The van der Waals surface area contributed by atoms with Gasteiger partial charge in [0.1, 0.15) is 5.82 Å². The lowest BCUT2D eigenvalue weighted by Gasteiger charge is -2.34. The van der Waals surface area contributed by atoms with Gasteiger partial charge >= 0.3 is 0 Å². The lowest BCUT2D eigenvalue weighted by atomic mass is 9.86. The van der Waals surface area contributed by atoms with Gasteiger partial charge in [-0.1, -0.05) is 42.5 Å². The highest BCUT2D eigenvalue weighted by atomic mass is 19.1. The topological polar surface area (TPSA) is 61.4 Å². The Balaban J connectivity index is 2.06. The van der Waals surface area contributed by atoms with Crippen molar-refractivity contribution in [2.24, 2.45) is 0 Å². The molecule has 0 saturated carbocycles. The standard InChI is InChI=1S/C24H30FN3O2/c1-16(29)27-28-22(18-8-6-5-7-9-18)15-19(17-10-12-20(25)13-11-17)14-21(23(28)30)26-24(2,3)4/h5-13,19,21-22,26H,14-15H2,1-4H3,(H,27,29). The highest BCUT2D eigenvalue weighted by Crippen LogP contribution is 2.38. The van der Waals surface area contributed by atoms with Crippen molar-refractivity contribution in [1.82, 2.24) is 15.8 Å². The fourth-order valence-corrected chi connectivity index (χ4v) is 4.09. The maximum atomic E-state index is 13.6. The summed E-state index contributed by atoms with van der Waals surface area (Å²) < 4.78 is 13.5. The van der Waals surface area contributed by atoms with Gasteiger partial charge in [-0.05, 0) is 62.8 Å². The average molecular weight is 412 g/mol. The Hall–Kier alpha value is -2.73. The Bertz CT molecular complexity index is 878. The molecule has 2 amide bonds. The molecular formula is C24H30FN3O2. The van der Waals surface area contributed by atoms with E-state index in [1.165, 1.54) is 24.1 Å². The number of carbonyl (C=O) groups is 2. The number of halogens is 1. The van der Waals surface area contributed by atoms with Crippen molar-refractivity contribution in [3.63, 3.8) is 0 Å². The van der Waals surface area contributed by atoms with E-state index in [1.807, 2.05) is 51.1 Å². The average Bonchev–Trinajstić information content (AvgIpc) is 2.80. The number of hydrazine groups is 1. The van der Waals surface area contributed by atoms with Gasteiger partial charge in [-0.3, -0.25) is 15.0 Å². The summed E-state index contributed by atoms with van der Waals surface area (Å²) in [7, 11) is 0. The van der Waals surface area contributed by atoms with Crippen molar-refractivity contribution in [3.05, 3.63) is 71.5 Å². The fraction of sp³-hybridized carbons (Fsp3) is 0.417. The molecule has 1 aliphatic heterocycles. The van der Waals surface area contributed by atoms with Crippen LogP contribution >= 0.6 is 0 Å². The second-order valence-corrected chi connectivity index (χ2v) is 8.97. The molecule has 0 bridgehead atoms. The van der Waals surface area contributed by atoms with Crippen LogP contribution in [0.15, 0.2) is 54.6 Å². The van der Waals surface area contributed by atoms with Crippen LogP contribution in [0.5, 0.6) is 0 Å². The first kappa shape index (κ1) is 22.0.